The van der Waals surface area contributed by atoms with Crippen LogP contribution < -0.4 is 4.72 Å². The average Bonchev–Trinajstić information content (AvgIpc) is 2.86. The Kier molecular flexibility index (Phi) is 5.08. The fourth-order valence-corrected chi connectivity index (χ4v) is 2.63. The molecule has 1 aliphatic heterocycles. The van der Waals surface area contributed by atoms with Crippen LogP contribution in [0, 0.1) is 6.92 Å². The number of aromatic nitrogens is 3. The van der Waals surface area contributed by atoms with Crippen LogP contribution in [0.5, 0.6) is 0 Å². The van der Waals surface area contributed by atoms with Crippen LogP contribution in [0.2, 0.25) is 0 Å². The fourth-order valence-electron chi connectivity index (χ4n) is 2.03. The number of morpholine rings is 1. The quantitative estimate of drug-likeness (QED) is 0.730. The number of ether oxygens (including phenoxy) is 1. The first-order valence-corrected chi connectivity index (χ1v) is 8.35. The van der Waals surface area contributed by atoms with E-state index in [9.17, 15) is 8.42 Å². The molecule has 1 saturated heterocycles. The Labute approximate surface area is 119 Å². The van der Waals surface area contributed by atoms with Gasteiger partial charge in [-0.25, -0.2) is 18.1 Å². The van der Waals surface area contributed by atoms with Crippen LogP contribution in [-0.4, -0.2) is 67.0 Å². The monoisotopic (exact) mass is 303 g/mol. The molecule has 20 heavy (non-hydrogen) atoms. The summed E-state index contributed by atoms with van der Waals surface area (Å²) in [5, 5.41) is 6.91. The van der Waals surface area contributed by atoms with Gasteiger partial charge in [-0.2, -0.15) is 5.10 Å². The van der Waals surface area contributed by atoms with Crippen molar-refractivity contribution < 1.29 is 13.2 Å². The molecule has 2 heterocycles. The van der Waals surface area contributed by atoms with Crippen LogP contribution in [0.25, 0.3) is 0 Å². The molecule has 0 saturated carbocycles. The van der Waals surface area contributed by atoms with Gasteiger partial charge in [-0.1, -0.05) is 0 Å². The summed E-state index contributed by atoms with van der Waals surface area (Å²) in [4.78, 5) is 6.42. The van der Waals surface area contributed by atoms with Crippen molar-refractivity contribution in [2.24, 2.45) is 0 Å². The lowest BCUT2D eigenvalue weighted by molar-refractivity contribution is -0.0333. The number of hydrogen-bond donors (Lipinski definition) is 2. The van der Waals surface area contributed by atoms with Crippen molar-refractivity contribution in [3.05, 3.63) is 11.6 Å². The van der Waals surface area contributed by atoms with Crippen molar-refractivity contribution in [3.8, 4) is 0 Å². The maximum absolute atomic E-state index is 11.4. The number of nitrogens with one attached hydrogen (secondary N) is 2. The molecule has 0 bridgehead atoms. The summed E-state index contributed by atoms with van der Waals surface area (Å²) >= 11 is 0. The average molecular weight is 303 g/mol. The van der Waals surface area contributed by atoms with Gasteiger partial charge in [-0.05, 0) is 13.8 Å². The largest absolute Gasteiger partial charge is 0.367 e. The Hall–Kier alpha value is -1.03. The van der Waals surface area contributed by atoms with Crippen LogP contribution in [-0.2, 0) is 14.8 Å². The zero-order valence-corrected chi connectivity index (χ0v) is 12.6. The molecule has 9 heteroatoms. The smallest absolute Gasteiger partial charge is 0.211 e. The van der Waals surface area contributed by atoms with E-state index in [4.69, 9.17) is 4.74 Å². The summed E-state index contributed by atoms with van der Waals surface area (Å²) < 4.78 is 30.9. The molecule has 8 nitrogen and oxygen atoms in total. The summed E-state index contributed by atoms with van der Waals surface area (Å²) in [6, 6.07) is 0. The molecule has 2 N–H and O–H groups in total. The molecule has 0 amide bonds. The predicted molar refractivity (Wildman–Crippen MR) is 73.7 cm³/mol. The molecule has 1 aromatic heterocycles. The van der Waals surface area contributed by atoms with Gasteiger partial charge in [0.1, 0.15) is 11.9 Å². The molecular formula is C11H21N5O3S. The van der Waals surface area contributed by atoms with Crippen molar-refractivity contribution in [2.75, 3.05) is 38.5 Å². The molecule has 0 radical (unpaired) electrons. The first-order valence-electron chi connectivity index (χ1n) is 6.70. The van der Waals surface area contributed by atoms with Gasteiger partial charge in [-0.15, -0.1) is 0 Å². The summed E-state index contributed by atoms with van der Waals surface area (Å²) in [5.74, 6) is 1.52. The van der Waals surface area contributed by atoms with Gasteiger partial charge >= 0.3 is 0 Å². The molecule has 0 spiro atoms. The first kappa shape index (κ1) is 15.4. The second kappa shape index (κ2) is 6.61. The third-order valence-corrected chi connectivity index (χ3v) is 4.59. The number of aryl methyl sites for hydroxylation is 1. The second-order valence-electron chi connectivity index (χ2n) is 4.74. The number of hydrogen-bond acceptors (Lipinski definition) is 6. The molecule has 114 valence electrons. The molecule has 2 rings (SSSR count). The molecule has 1 unspecified atom stereocenters. The third-order valence-electron chi connectivity index (χ3n) is 3.18. The molecule has 1 aromatic rings. The molecule has 0 aromatic carbocycles. The van der Waals surface area contributed by atoms with E-state index in [-0.39, 0.29) is 11.9 Å². The van der Waals surface area contributed by atoms with Gasteiger partial charge in [0.15, 0.2) is 5.82 Å². The lowest BCUT2D eigenvalue weighted by Gasteiger charge is -2.31. The highest BCUT2D eigenvalue weighted by atomic mass is 32.2. The second-order valence-corrected chi connectivity index (χ2v) is 6.83. The van der Waals surface area contributed by atoms with E-state index in [0.717, 1.165) is 12.4 Å². The van der Waals surface area contributed by atoms with E-state index in [1.807, 2.05) is 6.92 Å². The van der Waals surface area contributed by atoms with Gasteiger partial charge in [0, 0.05) is 26.2 Å². The minimum Gasteiger partial charge on any atom is -0.367 e. The van der Waals surface area contributed by atoms with Gasteiger partial charge in [0.25, 0.3) is 0 Å². The Morgan fingerprint density at radius 1 is 1.55 bits per heavy atom. The third kappa shape index (κ3) is 4.23. The molecule has 1 aliphatic rings. The number of nitrogens with zero attached hydrogens (tertiary/aromatic N) is 3. The molecule has 1 fully saturated rings. The zero-order chi connectivity index (χ0) is 14.6. The number of sulfonamides is 1. The summed E-state index contributed by atoms with van der Waals surface area (Å²) in [7, 11) is -3.12. The van der Waals surface area contributed by atoms with Crippen LogP contribution >= 0.6 is 0 Å². The zero-order valence-electron chi connectivity index (χ0n) is 11.8. The standard InChI is InChI=1S/C11H21N5O3S/c1-3-20(17,18)12-4-5-16-6-7-19-10(8-16)11-13-9(2)14-15-11/h10,12H,3-8H2,1-2H3,(H,13,14,15). The Bertz CT molecular complexity index is 530. The highest BCUT2D eigenvalue weighted by Crippen LogP contribution is 2.18. The SMILES string of the molecule is CCS(=O)(=O)NCCN1CCOC(c2n[nH]c(C)n2)C1. The fraction of sp³-hybridized carbons (Fsp3) is 0.818. The van der Waals surface area contributed by atoms with Crippen molar-refractivity contribution in [1.82, 2.24) is 24.8 Å². The lowest BCUT2D eigenvalue weighted by Crippen LogP contribution is -2.43. The van der Waals surface area contributed by atoms with Crippen LogP contribution in [0.4, 0.5) is 0 Å². The molecular weight excluding hydrogens is 282 g/mol. The van der Waals surface area contributed by atoms with Crippen molar-refractivity contribution in [1.29, 1.82) is 0 Å². The van der Waals surface area contributed by atoms with Crippen molar-refractivity contribution in [3.63, 3.8) is 0 Å². The Balaban J connectivity index is 1.82. The molecule has 1 atom stereocenters. The van der Waals surface area contributed by atoms with E-state index in [1.165, 1.54) is 0 Å². The maximum atomic E-state index is 11.4. The van der Waals surface area contributed by atoms with Crippen molar-refractivity contribution in [2.45, 2.75) is 20.0 Å². The van der Waals surface area contributed by atoms with Gasteiger partial charge in [-0.3, -0.25) is 10.00 Å². The van der Waals surface area contributed by atoms with E-state index >= 15 is 0 Å². The van der Waals surface area contributed by atoms with E-state index < -0.39 is 10.0 Å². The Morgan fingerprint density at radius 2 is 2.35 bits per heavy atom. The van der Waals surface area contributed by atoms with Gasteiger partial charge in [0.2, 0.25) is 10.0 Å². The highest BCUT2D eigenvalue weighted by molar-refractivity contribution is 7.89. The molecule has 0 aliphatic carbocycles. The van der Waals surface area contributed by atoms with E-state index in [0.29, 0.717) is 32.1 Å². The minimum absolute atomic E-state index is 0.106. The van der Waals surface area contributed by atoms with Crippen LogP contribution in [0.3, 0.4) is 0 Å². The first-order chi connectivity index (χ1) is 9.50. The number of aromatic amines is 1. The van der Waals surface area contributed by atoms with Crippen LogP contribution in [0.15, 0.2) is 0 Å². The normalized spacial score (nSPS) is 21.2. The lowest BCUT2D eigenvalue weighted by atomic mass is 10.2. The van der Waals surface area contributed by atoms with Crippen LogP contribution in [0.1, 0.15) is 24.7 Å². The van der Waals surface area contributed by atoms with E-state index in [1.54, 1.807) is 6.92 Å². The number of H-pyrrole nitrogens is 1. The topological polar surface area (TPSA) is 100 Å². The summed E-state index contributed by atoms with van der Waals surface area (Å²) in [6.45, 7) is 6.59. The van der Waals surface area contributed by atoms with Gasteiger partial charge < -0.3 is 4.74 Å². The summed E-state index contributed by atoms with van der Waals surface area (Å²) in [6.07, 6.45) is -0.156. The van der Waals surface area contributed by atoms with Crippen molar-refractivity contribution >= 4 is 10.0 Å². The summed E-state index contributed by atoms with van der Waals surface area (Å²) in [5.41, 5.74) is 0. The predicted octanol–water partition coefficient (Wildman–Crippen LogP) is -0.574. The van der Waals surface area contributed by atoms with Gasteiger partial charge in [0.05, 0.1) is 12.4 Å². The highest BCUT2D eigenvalue weighted by Gasteiger charge is 2.24. The van der Waals surface area contributed by atoms with E-state index in [2.05, 4.69) is 24.8 Å². The minimum atomic E-state index is -3.12. The Morgan fingerprint density at radius 3 is 3.00 bits per heavy atom. The number of rotatable bonds is 6. The maximum Gasteiger partial charge on any atom is 0.211 e.